The highest BCUT2D eigenvalue weighted by atomic mass is 32.1. The number of hydrogen-bond donors (Lipinski definition) is 1. The van der Waals surface area contributed by atoms with Crippen LogP contribution in [0.15, 0.2) is 52.5 Å². The molecule has 4 rings (SSSR count). The number of rotatable bonds is 5. The van der Waals surface area contributed by atoms with Gasteiger partial charge >= 0.3 is 0 Å². The van der Waals surface area contributed by atoms with E-state index in [2.05, 4.69) is 20.4 Å². The van der Waals surface area contributed by atoms with Crippen molar-refractivity contribution in [3.8, 4) is 10.6 Å². The van der Waals surface area contributed by atoms with Crippen LogP contribution < -0.4 is 10.2 Å². The number of hydrogen-bond acceptors (Lipinski definition) is 6. The van der Waals surface area contributed by atoms with E-state index in [9.17, 15) is 4.79 Å². The number of aromatic nitrogens is 2. The molecule has 6 nitrogen and oxygen atoms in total. The number of carbonyl (C=O) groups is 1. The fourth-order valence-corrected chi connectivity index (χ4v) is 3.87. The second-order valence-electron chi connectivity index (χ2n) is 6.34. The molecule has 1 saturated heterocycles. The van der Waals surface area contributed by atoms with E-state index in [-0.39, 0.29) is 11.8 Å². The Bertz CT molecular complexity index is 831. The summed E-state index contributed by atoms with van der Waals surface area (Å²) in [7, 11) is 0. The standard InChI is InChI=1S/C19H20N4O2S/c24-19(20-12-15-5-2-10-25-15)14-4-1-9-23(13-14)18-8-7-16(21-22-18)17-6-3-11-26-17/h2-3,5-8,10-11,14H,1,4,9,12-13H2,(H,20,24)/t14-/m1/s1. The monoisotopic (exact) mass is 368 g/mol. The summed E-state index contributed by atoms with van der Waals surface area (Å²) in [5.74, 6) is 1.61. The van der Waals surface area contributed by atoms with Crippen LogP contribution in [0.2, 0.25) is 0 Å². The van der Waals surface area contributed by atoms with E-state index in [1.54, 1.807) is 17.6 Å². The predicted octanol–water partition coefficient (Wildman–Crippen LogP) is 3.33. The van der Waals surface area contributed by atoms with E-state index in [1.165, 1.54) is 0 Å². The van der Waals surface area contributed by atoms with Gasteiger partial charge in [0.05, 0.1) is 23.6 Å². The number of nitrogens with zero attached hydrogens (tertiary/aromatic N) is 3. The minimum absolute atomic E-state index is 0.0440. The highest BCUT2D eigenvalue weighted by Crippen LogP contribution is 2.25. The van der Waals surface area contributed by atoms with Crippen LogP contribution in [0.1, 0.15) is 18.6 Å². The summed E-state index contributed by atoms with van der Waals surface area (Å²) in [6.45, 7) is 1.99. The fraction of sp³-hybridized carbons (Fsp3) is 0.316. The largest absolute Gasteiger partial charge is 0.467 e. The van der Waals surface area contributed by atoms with Crippen molar-refractivity contribution in [3.05, 3.63) is 53.8 Å². The van der Waals surface area contributed by atoms with Crippen molar-refractivity contribution < 1.29 is 9.21 Å². The highest BCUT2D eigenvalue weighted by molar-refractivity contribution is 7.13. The molecule has 0 aliphatic carbocycles. The van der Waals surface area contributed by atoms with Crippen molar-refractivity contribution in [3.63, 3.8) is 0 Å². The molecule has 1 aliphatic rings. The molecule has 1 fully saturated rings. The first-order valence-electron chi connectivity index (χ1n) is 8.72. The van der Waals surface area contributed by atoms with Gasteiger partial charge in [-0.15, -0.1) is 21.5 Å². The average Bonchev–Trinajstić information content (AvgIpc) is 3.40. The van der Waals surface area contributed by atoms with Gasteiger partial charge in [-0.3, -0.25) is 4.79 Å². The van der Waals surface area contributed by atoms with Crippen molar-refractivity contribution in [2.75, 3.05) is 18.0 Å². The van der Waals surface area contributed by atoms with Crippen LogP contribution in [0.3, 0.4) is 0 Å². The number of amides is 1. The number of furan rings is 1. The summed E-state index contributed by atoms with van der Waals surface area (Å²) < 4.78 is 5.26. The molecule has 3 aromatic rings. The van der Waals surface area contributed by atoms with Crippen LogP contribution in [-0.4, -0.2) is 29.2 Å². The number of piperidine rings is 1. The van der Waals surface area contributed by atoms with Crippen molar-refractivity contribution in [1.29, 1.82) is 0 Å². The van der Waals surface area contributed by atoms with E-state index in [4.69, 9.17) is 4.42 Å². The third-order valence-corrected chi connectivity index (χ3v) is 5.45. The first kappa shape index (κ1) is 16.8. The maximum absolute atomic E-state index is 12.5. The Kier molecular flexibility index (Phi) is 4.97. The van der Waals surface area contributed by atoms with Gasteiger partial charge in [0.15, 0.2) is 5.82 Å². The van der Waals surface area contributed by atoms with E-state index in [1.807, 2.05) is 41.8 Å². The molecule has 1 atom stereocenters. The molecular formula is C19H20N4O2S. The van der Waals surface area contributed by atoms with Crippen LogP contribution in [0.25, 0.3) is 10.6 Å². The van der Waals surface area contributed by atoms with Gasteiger partial charge in [-0.1, -0.05) is 6.07 Å². The van der Waals surface area contributed by atoms with Crippen LogP contribution in [0, 0.1) is 5.92 Å². The molecule has 0 bridgehead atoms. The summed E-state index contributed by atoms with van der Waals surface area (Å²) in [6.07, 6.45) is 3.47. The molecule has 0 spiro atoms. The number of thiophene rings is 1. The minimum Gasteiger partial charge on any atom is -0.467 e. The summed E-state index contributed by atoms with van der Waals surface area (Å²) in [5.41, 5.74) is 0.883. The minimum atomic E-state index is -0.0440. The van der Waals surface area contributed by atoms with E-state index >= 15 is 0 Å². The Hall–Kier alpha value is -2.67. The maximum atomic E-state index is 12.5. The smallest absolute Gasteiger partial charge is 0.225 e. The lowest BCUT2D eigenvalue weighted by Crippen LogP contribution is -2.43. The Balaban J connectivity index is 1.37. The molecule has 1 amide bonds. The molecule has 0 aromatic carbocycles. The lowest BCUT2D eigenvalue weighted by Gasteiger charge is -2.32. The van der Waals surface area contributed by atoms with E-state index in [0.717, 1.165) is 41.5 Å². The third-order valence-electron chi connectivity index (χ3n) is 4.56. The van der Waals surface area contributed by atoms with Gasteiger partial charge < -0.3 is 14.6 Å². The second-order valence-corrected chi connectivity index (χ2v) is 7.28. The Morgan fingerprint density at radius 2 is 2.23 bits per heavy atom. The molecule has 0 unspecified atom stereocenters. The molecule has 134 valence electrons. The maximum Gasteiger partial charge on any atom is 0.225 e. The van der Waals surface area contributed by atoms with Gasteiger partial charge in [0, 0.05) is 13.1 Å². The van der Waals surface area contributed by atoms with Crippen LogP contribution in [0.4, 0.5) is 5.82 Å². The number of anilines is 1. The molecule has 0 saturated carbocycles. The normalized spacial score (nSPS) is 17.2. The average molecular weight is 368 g/mol. The molecule has 7 heteroatoms. The van der Waals surface area contributed by atoms with Crippen molar-refractivity contribution >= 4 is 23.1 Å². The second kappa shape index (κ2) is 7.70. The SMILES string of the molecule is O=C(NCc1ccco1)[C@@H]1CCCN(c2ccc(-c3cccs3)nn2)C1. The Labute approximate surface area is 155 Å². The number of nitrogens with one attached hydrogen (secondary N) is 1. The number of carbonyl (C=O) groups excluding carboxylic acids is 1. The van der Waals surface area contributed by atoms with Crippen LogP contribution in [0.5, 0.6) is 0 Å². The van der Waals surface area contributed by atoms with Gasteiger partial charge in [0.2, 0.25) is 5.91 Å². The molecule has 0 radical (unpaired) electrons. The summed E-state index contributed by atoms with van der Waals surface area (Å²) in [6, 6.07) is 11.7. The van der Waals surface area contributed by atoms with Crippen LogP contribution >= 0.6 is 11.3 Å². The molecular weight excluding hydrogens is 348 g/mol. The molecule has 4 heterocycles. The van der Waals surface area contributed by atoms with E-state index in [0.29, 0.717) is 13.1 Å². The van der Waals surface area contributed by atoms with E-state index < -0.39 is 0 Å². The zero-order valence-electron chi connectivity index (χ0n) is 14.3. The van der Waals surface area contributed by atoms with Gasteiger partial charge in [-0.2, -0.15) is 0 Å². The summed E-state index contributed by atoms with van der Waals surface area (Å²) in [4.78, 5) is 15.7. The van der Waals surface area contributed by atoms with Gasteiger partial charge in [0.1, 0.15) is 11.5 Å². The predicted molar refractivity (Wildman–Crippen MR) is 101 cm³/mol. The molecule has 3 aromatic heterocycles. The van der Waals surface area contributed by atoms with Gasteiger partial charge in [0.25, 0.3) is 0 Å². The zero-order chi connectivity index (χ0) is 17.8. The topological polar surface area (TPSA) is 71.3 Å². The van der Waals surface area contributed by atoms with Crippen molar-refractivity contribution in [2.45, 2.75) is 19.4 Å². The Morgan fingerprint density at radius 3 is 2.96 bits per heavy atom. The summed E-state index contributed by atoms with van der Waals surface area (Å²) in [5, 5.41) is 13.7. The lowest BCUT2D eigenvalue weighted by atomic mass is 9.97. The first-order chi connectivity index (χ1) is 12.8. The molecule has 1 N–H and O–H groups in total. The van der Waals surface area contributed by atoms with Crippen molar-refractivity contribution in [2.24, 2.45) is 5.92 Å². The van der Waals surface area contributed by atoms with Crippen molar-refractivity contribution in [1.82, 2.24) is 15.5 Å². The fourth-order valence-electron chi connectivity index (χ4n) is 3.18. The first-order valence-corrected chi connectivity index (χ1v) is 9.60. The Morgan fingerprint density at radius 1 is 1.27 bits per heavy atom. The quantitative estimate of drug-likeness (QED) is 0.748. The van der Waals surface area contributed by atoms with Crippen LogP contribution in [-0.2, 0) is 11.3 Å². The molecule has 1 aliphatic heterocycles. The zero-order valence-corrected chi connectivity index (χ0v) is 15.1. The van der Waals surface area contributed by atoms with Gasteiger partial charge in [-0.05, 0) is 48.6 Å². The highest BCUT2D eigenvalue weighted by Gasteiger charge is 2.26. The van der Waals surface area contributed by atoms with Gasteiger partial charge in [-0.25, -0.2) is 0 Å². The third kappa shape index (κ3) is 3.77. The summed E-state index contributed by atoms with van der Waals surface area (Å²) >= 11 is 1.65. The molecule has 26 heavy (non-hydrogen) atoms. The lowest BCUT2D eigenvalue weighted by molar-refractivity contribution is -0.125.